The minimum atomic E-state index is -2.88. The number of rotatable bonds is 4. The van der Waals surface area contributed by atoms with Gasteiger partial charge in [-0.3, -0.25) is 0 Å². The number of sulfone groups is 1. The van der Waals surface area contributed by atoms with Crippen molar-refractivity contribution in [2.24, 2.45) is 11.8 Å². The van der Waals surface area contributed by atoms with Crippen molar-refractivity contribution in [2.45, 2.75) is 37.1 Å². The Hall–Kier alpha value is 0.390. The van der Waals surface area contributed by atoms with Crippen molar-refractivity contribution >= 4 is 25.8 Å². The monoisotopic (exact) mass is 310 g/mol. The summed E-state index contributed by atoms with van der Waals surface area (Å²) in [7, 11) is -2.88. The fourth-order valence-corrected chi connectivity index (χ4v) is 5.81. The van der Waals surface area contributed by atoms with Gasteiger partial charge in [-0.15, -0.1) is 0 Å². The molecule has 2 rings (SSSR count). The third kappa shape index (κ3) is 2.99. The van der Waals surface area contributed by atoms with Crippen molar-refractivity contribution in [1.82, 2.24) is 0 Å². The molecular weight excluding hydrogens is 292 g/mol. The molecular formula is C11H19BrO3S. The van der Waals surface area contributed by atoms with Gasteiger partial charge < -0.3 is 4.74 Å². The second-order valence-electron chi connectivity index (χ2n) is 5.13. The van der Waals surface area contributed by atoms with Crippen molar-refractivity contribution in [2.75, 3.05) is 18.1 Å². The Bertz CT molecular complexity index is 337. The van der Waals surface area contributed by atoms with Crippen LogP contribution in [-0.2, 0) is 14.6 Å². The van der Waals surface area contributed by atoms with Crippen LogP contribution in [0.1, 0.15) is 26.2 Å². The van der Waals surface area contributed by atoms with Gasteiger partial charge in [0.05, 0.1) is 22.4 Å². The van der Waals surface area contributed by atoms with Crippen molar-refractivity contribution in [3.05, 3.63) is 0 Å². The summed E-state index contributed by atoms with van der Waals surface area (Å²) < 4.78 is 28.5. The summed E-state index contributed by atoms with van der Waals surface area (Å²) in [6, 6.07) is 0. The summed E-state index contributed by atoms with van der Waals surface area (Å²) in [5.41, 5.74) is 0. The van der Waals surface area contributed by atoms with Gasteiger partial charge in [0.15, 0.2) is 9.84 Å². The summed E-state index contributed by atoms with van der Waals surface area (Å²) in [5, 5.41) is 0. The molecule has 2 fully saturated rings. The van der Waals surface area contributed by atoms with E-state index in [0.717, 1.165) is 5.92 Å². The second kappa shape index (κ2) is 4.94. The largest absolute Gasteiger partial charge is 0.376 e. The van der Waals surface area contributed by atoms with Gasteiger partial charge in [-0.25, -0.2) is 8.42 Å². The van der Waals surface area contributed by atoms with Crippen LogP contribution in [0.5, 0.6) is 0 Å². The highest BCUT2D eigenvalue weighted by atomic mass is 79.9. The van der Waals surface area contributed by atoms with E-state index in [1.165, 1.54) is 19.3 Å². The number of alkyl halides is 1. The van der Waals surface area contributed by atoms with E-state index in [-0.39, 0.29) is 22.4 Å². The molecule has 1 aliphatic heterocycles. The van der Waals surface area contributed by atoms with E-state index in [1.54, 1.807) is 0 Å². The molecule has 3 unspecified atom stereocenters. The Labute approximate surface area is 106 Å². The Kier molecular flexibility index (Phi) is 3.97. The molecule has 0 radical (unpaired) electrons. The molecule has 5 heteroatoms. The SMILES string of the molecule is CC(COC1CS(=O)(=O)CC1Br)C1CCC1. The van der Waals surface area contributed by atoms with Gasteiger partial charge in [0.1, 0.15) is 0 Å². The molecule has 3 nitrogen and oxygen atoms in total. The molecule has 0 amide bonds. The van der Waals surface area contributed by atoms with Crippen LogP contribution in [-0.4, -0.2) is 37.5 Å². The molecule has 0 aromatic heterocycles. The third-order valence-electron chi connectivity index (χ3n) is 3.76. The molecule has 94 valence electrons. The van der Waals surface area contributed by atoms with Crippen LogP contribution in [0.2, 0.25) is 0 Å². The summed E-state index contributed by atoms with van der Waals surface area (Å²) in [5.74, 6) is 1.76. The molecule has 0 spiro atoms. The van der Waals surface area contributed by atoms with Crippen LogP contribution in [0.15, 0.2) is 0 Å². The van der Waals surface area contributed by atoms with Crippen molar-refractivity contribution in [3.8, 4) is 0 Å². The van der Waals surface area contributed by atoms with Crippen LogP contribution in [0.3, 0.4) is 0 Å². The molecule has 16 heavy (non-hydrogen) atoms. The topological polar surface area (TPSA) is 43.4 Å². The summed E-state index contributed by atoms with van der Waals surface area (Å²) in [6.45, 7) is 2.91. The predicted molar refractivity (Wildman–Crippen MR) is 67.6 cm³/mol. The van der Waals surface area contributed by atoms with Crippen LogP contribution in [0.4, 0.5) is 0 Å². The zero-order valence-electron chi connectivity index (χ0n) is 9.56. The van der Waals surface area contributed by atoms with Gasteiger partial charge in [0.2, 0.25) is 0 Å². The Morgan fingerprint density at radius 3 is 2.50 bits per heavy atom. The molecule has 1 heterocycles. The summed E-state index contributed by atoms with van der Waals surface area (Å²) in [6.07, 6.45) is 3.82. The lowest BCUT2D eigenvalue weighted by Gasteiger charge is -2.32. The van der Waals surface area contributed by atoms with Gasteiger partial charge in [-0.1, -0.05) is 42.1 Å². The Morgan fingerprint density at radius 1 is 1.38 bits per heavy atom. The molecule has 0 aromatic carbocycles. The number of ether oxygens (including phenoxy) is 1. The standard InChI is InChI=1S/C11H19BrO3S/c1-8(9-3-2-4-9)5-15-11-7-16(13,14)6-10(11)12/h8-11H,2-7H2,1H3. The molecule has 0 N–H and O–H groups in total. The van der Waals surface area contributed by atoms with Crippen LogP contribution in [0, 0.1) is 11.8 Å². The van der Waals surface area contributed by atoms with Crippen LogP contribution in [0.25, 0.3) is 0 Å². The number of hydrogen-bond acceptors (Lipinski definition) is 3. The van der Waals surface area contributed by atoms with Gasteiger partial charge in [0, 0.05) is 6.61 Å². The first kappa shape index (κ1) is 12.8. The fourth-order valence-electron chi connectivity index (χ4n) is 2.35. The third-order valence-corrected chi connectivity index (χ3v) is 6.81. The normalized spacial score (nSPS) is 35.9. The highest BCUT2D eigenvalue weighted by Crippen LogP contribution is 2.34. The van der Waals surface area contributed by atoms with Gasteiger partial charge in [0.25, 0.3) is 0 Å². The minimum Gasteiger partial charge on any atom is -0.376 e. The quantitative estimate of drug-likeness (QED) is 0.746. The van der Waals surface area contributed by atoms with E-state index in [0.29, 0.717) is 12.5 Å². The average Bonchev–Trinajstić information content (AvgIpc) is 2.33. The first-order valence-corrected chi connectivity index (χ1v) is 8.68. The average molecular weight is 311 g/mol. The van der Waals surface area contributed by atoms with Crippen molar-refractivity contribution < 1.29 is 13.2 Å². The zero-order valence-corrected chi connectivity index (χ0v) is 12.0. The van der Waals surface area contributed by atoms with E-state index in [9.17, 15) is 8.42 Å². The first-order valence-electron chi connectivity index (χ1n) is 5.94. The van der Waals surface area contributed by atoms with Crippen molar-refractivity contribution in [1.29, 1.82) is 0 Å². The molecule has 0 bridgehead atoms. The van der Waals surface area contributed by atoms with Gasteiger partial charge in [-0.05, 0) is 11.8 Å². The minimum absolute atomic E-state index is 0.0221. The van der Waals surface area contributed by atoms with E-state index in [1.807, 2.05) is 0 Å². The Balaban J connectivity index is 1.77. The lowest BCUT2D eigenvalue weighted by Crippen LogP contribution is -2.29. The lowest BCUT2D eigenvalue weighted by molar-refractivity contribution is 0.0245. The Morgan fingerprint density at radius 2 is 2.06 bits per heavy atom. The van der Waals surface area contributed by atoms with Gasteiger partial charge in [-0.2, -0.15) is 0 Å². The molecule has 3 atom stereocenters. The molecule has 1 saturated heterocycles. The zero-order chi connectivity index (χ0) is 11.8. The maximum atomic E-state index is 11.4. The highest BCUT2D eigenvalue weighted by molar-refractivity contribution is 9.09. The maximum absolute atomic E-state index is 11.4. The van der Waals surface area contributed by atoms with E-state index in [2.05, 4.69) is 22.9 Å². The summed E-state index contributed by atoms with van der Waals surface area (Å²) in [4.78, 5) is -0.0221. The van der Waals surface area contributed by atoms with Crippen molar-refractivity contribution in [3.63, 3.8) is 0 Å². The maximum Gasteiger partial charge on any atom is 0.154 e. The lowest BCUT2D eigenvalue weighted by atomic mass is 9.77. The molecule has 2 aliphatic rings. The molecule has 1 aliphatic carbocycles. The molecule has 1 saturated carbocycles. The highest BCUT2D eigenvalue weighted by Gasteiger charge is 2.37. The predicted octanol–water partition coefficient (Wildman–Crippen LogP) is 2.00. The van der Waals surface area contributed by atoms with Crippen LogP contribution < -0.4 is 0 Å². The molecule has 0 aromatic rings. The number of halogens is 1. The van der Waals surface area contributed by atoms with E-state index in [4.69, 9.17) is 4.74 Å². The smallest absolute Gasteiger partial charge is 0.154 e. The summed E-state index contributed by atoms with van der Waals surface area (Å²) >= 11 is 3.39. The van der Waals surface area contributed by atoms with Gasteiger partial charge >= 0.3 is 0 Å². The van der Waals surface area contributed by atoms with Crippen LogP contribution >= 0.6 is 15.9 Å². The number of hydrogen-bond donors (Lipinski definition) is 0. The second-order valence-corrected chi connectivity index (χ2v) is 8.46. The van der Waals surface area contributed by atoms with E-state index < -0.39 is 9.84 Å². The fraction of sp³-hybridized carbons (Fsp3) is 1.00. The first-order chi connectivity index (χ1) is 7.48. The van der Waals surface area contributed by atoms with E-state index >= 15 is 0 Å².